The maximum Gasteiger partial charge on any atom is 0.321 e. The number of benzene rings is 1. The molecule has 0 atom stereocenters. The predicted molar refractivity (Wildman–Crippen MR) is 86.0 cm³/mol. The summed E-state index contributed by atoms with van der Waals surface area (Å²) < 4.78 is 6.37. The van der Waals surface area contributed by atoms with Crippen molar-refractivity contribution < 1.29 is 4.74 Å². The summed E-state index contributed by atoms with van der Waals surface area (Å²) in [6.45, 7) is 2.91. The van der Waals surface area contributed by atoms with E-state index in [-0.39, 0.29) is 0 Å². The molecule has 0 aliphatic rings. The Balaban J connectivity index is 2.10. The number of rotatable bonds is 5. The van der Waals surface area contributed by atoms with E-state index < -0.39 is 0 Å². The highest BCUT2D eigenvalue weighted by molar-refractivity contribution is 7.17. The number of thiophene rings is 1. The minimum Gasteiger partial charge on any atom is -0.467 e. The number of methoxy groups -OCH3 is 1. The fourth-order valence-corrected chi connectivity index (χ4v) is 2.96. The number of ether oxygens (including phenoxy) is 1. The van der Waals surface area contributed by atoms with Crippen LogP contribution in [0.15, 0.2) is 29.6 Å². The fourth-order valence-electron chi connectivity index (χ4n) is 2.05. The van der Waals surface area contributed by atoms with Crippen molar-refractivity contribution in [2.45, 2.75) is 13.3 Å². The lowest BCUT2D eigenvalue weighted by Gasteiger charge is -2.08. The van der Waals surface area contributed by atoms with Crippen LogP contribution in [-0.2, 0) is 0 Å². The Morgan fingerprint density at radius 1 is 1.19 bits per heavy atom. The molecule has 2 heterocycles. The first kappa shape index (κ1) is 13.8. The number of hydrogen-bond donors (Lipinski definition) is 1. The molecule has 2 aromatic heterocycles. The third-order valence-corrected chi connectivity index (χ3v) is 4.01. The zero-order valence-electron chi connectivity index (χ0n) is 12.0. The molecule has 6 heteroatoms. The Kier molecular flexibility index (Phi) is 3.96. The molecule has 0 aliphatic carbocycles. The minimum absolute atomic E-state index is 0.326. The SMILES string of the molecule is CCCNc1nc(OC)nc(-c2cccc3ccsc23)n1. The van der Waals surface area contributed by atoms with Gasteiger partial charge in [-0.05, 0) is 29.3 Å². The van der Waals surface area contributed by atoms with E-state index in [2.05, 4.69) is 44.7 Å². The monoisotopic (exact) mass is 300 g/mol. The van der Waals surface area contributed by atoms with Gasteiger partial charge in [0.1, 0.15) is 0 Å². The number of hydrogen-bond acceptors (Lipinski definition) is 6. The van der Waals surface area contributed by atoms with E-state index in [1.54, 1.807) is 18.4 Å². The molecule has 0 aliphatic heterocycles. The second kappa shape index (κ2) is 6.05. The Morgan fingerprint density at radius 3 is 2.90 bits per heavy atom. The molecule has 1 aromatic carbocycles. The van der Waals surface area contributed by atoms with Gasteiger partial charge in [-0.15, -0.1) is 11.3 Å². The maximum atomic E-state index is 5.19. The van der Waals surface area contributed by atoms with Crippen LogP contribution in [0.25, 0.3) is 21.5 Å². The number of anilines is 1. The maximum absolute atomic E-state index is 5.19. The smallest absolute Gasteiger partial charge is 0.321 e. The molecular formula is C15H16N4OS. The molecule has 0 bridgehead atoms. The lowest BCUT2D eigenvalue weighted by molar-refractivity contribution is 0.379. The third kappa shape index (κ3) is 2.80. The molecule has 3 rings (SSSR count). The van der Waals surface area contributed by atoms with E-state index in [9.17, 15) is 0 Å². The van der Waals surface area contributed by atoms with E-state index in [0.29, 0.717) is 17.8 Å². The number of aromatic nitrogens is 3. The quantitative estimate of drug-likeness (QED) is 0.780. The van der Waals surface area contributed by atoms with Gasteiger partial charge < -0.3 is 10.1 Å². The first-order valence-electron chi connectivity index (χ1n) is 6.82. The van der Waals surface area contributed by atoms with Crippen molar-refractivity contribution >= 4 is 27.4 Å². The van der Waals surface area contributed by atoms with Crippen molar-refractivity contribution in [2.75, 3.05) is 19.0 Å². The summed E-state index contributed by atoms with van der Waals surface area (Å²) >= 11 is 1.68. The Labute approximate surface area is 127 Å². The number of fused-ring (bicyclic) bond motifs is 1. The highest BCUT2D eigenvalue weighted by Crippen LogP contribution is 2.31. The molecule has 0 radical (unpaired) electrons. The summed E-state index contributed by atoms with van der Waals surface area (Å²) in [6, 6.07) is 8.55. The van der Waals surface area contributed by atoms with Crippen LogP contribution in [-0.4, -0.2) is 28.6 Å². The normalized spacial score (nSPS) is 10.8. The summed E-state index contributed by atoms with van der Waals surface area (Å²) in [4.78, 5) is 13.1. The first-order chi connectivity index (χ1) is 10.3. The summed E-state index contributed by atoms with van der Waals surface area (Å²) in [6.07, 6.45) is 1.00. The molecule has 0 saturated carbocycles. The molecule has 5 nitrogen and oxygen atoms in total. The van der Waals surface area contributed by atoms with Gasteiger partial charge in [-0.3, -0.25) is 0 Å². The highest BCUT2D eigenvalue weighted by Gasteiger charge is 2.12. The average molecular weight is 300 g/mol. The summed E-state index contributed by atoms with van der Waals surface area (Å²) in [5.41, 5.74) is 1.00. The number of nitrogens with zero attached hydrogens (tertiary/aromatic N) is 3. The van der Waals surface area contributed by atoms with E-state index in [4.69, 9.17) is 4.74 Å². The van der Waals surface area contributed by atoms with Gasteiger partial charge in [0.05, 0.1) is 7.11 Å². The van der Waals surface area contributed by atoms with Gasteiger partial charge in [0.2, 0.25) is 5.95 Å². The van der Waals surface area contributed by atoms with Crippen LogP contribution in [0.1, 0.15) is 13.3 Å². The van der Waals surface area contributed by atoms with Crippen molar-refractivity contribution in [3.63, 3.8) is 0 Å². The van der Waals surface area contributed by atoms with E-state index >= 15 is 0 Å². The molecule has 21 heavy (non-hydrogen) atoms. The van der Waals surface area contributed by atoms with Crippen molar-refractivity contribution in [3.05, 3.63) is 29.6 Å². The van der Waals surface area contributed by atoms with Crippen LogP contribution in [0.2, 0.25) is 0 Å². The standard InChI is InChI=1S/C15H16N4OS/c1-3-8-16-14-17-13(18-15(19-14)20-2)11-6-4-5-10-7-9-21-12(10)11/h4-7,9H,3,8H2,1-2H3,(H,16,17,18,19). The topological polar surface area (TPSA) is 59.9 Å². The fraction of sp³-hybridized carbons (Fsp3) is 0.267. The zero-order valence-corrected chi connectivity index (χ0v) is 12.8. The second-order valence-corrected chi connectivity index (χ2v) is 5.46. The average Bonchev–Trinajstić information content (AvgIpc) is 3.01. The van der Waals surface area contributed by atoms with E-state index in [1.807, 2.05) is 12.1 Å². The van der Waals surface area contributed by atoms with Crippen molar-refractivity contribution in [1.29, 1.82) is 0 Å². The van der Waals surface area contributed by atoms with Crippen LogP contribution in [0.3, 0.4) is 0 Å². The molecule has 1 N–H and O–H groups in total. The van der Waals surface area contributed by atoms with Gasteiger partial charge in [-0.2, -0.15) is 15.0 Å². The summed E-state index contributed by atoms with van der Waals surface area (Å²) in [5, 5.41) is 6.45. The lowest BCUT2D eigenvalue weighted by atomic mass is 10.1. The van der Waals surface area contributed by atoms with Gasteiger partial charge in [0.15, 0.2) is 5.82 Å². The van der Waals surface area contributed by atoms with Crippen molar-refractivity contribution in [3.8, 4) is 17.4 Å². The first-order valence-corrected chi connectivity index (χ1v) is 7.70. The molecular weight excluding hydrogens is 284 g/mol. The zero-order chi connectivity index (χ0) is 14.7. The molecule has 3 aromatic rings. The van der Waals surface area contributed by atoms with Crippen LogP contribution < -0.4 is 10.1 Å². The highest BCUT2D eigenvalue weighted by atomic mass is 32.1. The largest absolute Gasteiger partial charge is 0.467 e. The van der Waals surface area contributed by atoms with Gasteiger partial charge in [0.25, 0.3) is 0 Å². The molecule has 0 unspecified atom stereocenters. The van der Waals surface area contributed by atoms with Crippen molar-refractivity contribution in [2.24, 2.45) is 0 Å². The van der Waals surface area contributed by atoms with Gasteiger partial charge in [0, 0.05) is 16.8 Å². The molecule has 108 valence electrons. The molecule has 0 fully saturated rings. The Morgan fingerprint density at radius 2 is 2.10 bits per heavy atom. The Hall–Kier alpha value is -2.21. The summed E-state index contributed by atoms with van der Waals surface area (Å²) in [7, 11) is 1.56. The van der Waals surface area contributed by atoms with Crippen LogP contribution >= 0.6 is 11.3 Å². The van der Waals surface area contributed by atoms with E-state index in [0.717, 1.165) is 18.5 Å². The minimum atomic E-state index is 0.326. The van der Waals surface area contributed by atoms with Gasteiger partial charge >= 0.3 is 6.01 Å². The van der Waals surface area contributed by atoms with Gasteiger partial charge in [-0.25, -0.2) is 0 Å². The van der Waals surface area contributed by atoms with E-state index in [1.165, 1.54) is 10.1 Å². The Bertz CT molecular complexity index is 756. The molecule has 0 saturated heterocycles. The van der Waals surface area contributed by atoms with Crippen LogP contribution in [0.4, 0.5) is 5.95 Å². The third-order valence-electron chi connectivity index (χ3n) is 3.05. The van der Waals surface area contributed by atoms with Crippen molar-refractivity contribution in [1.82, 2.24) is 15.0 Å². The lowest BCUT2D eigenvalue weighted by Crippen LogP contribution is -2.07. The molecule has 0 amide bonds. The van der Waals surface area contributed by atoms with Gasteiger partial charge in [-0.1, -0.05) is 19.1 Å². The predicted octanol–water partition coefficient (Wildman–Crippen LogP) is 3.58. The summed E-state index contributed by atoms with van der Waals surface area (Å²) in [5.74, 6) is 1.18. The van der Waals surface area contributed by atoms with Crippen LogP contribution in [0, 0.1) is 0 Å². The molecule has 0 spiro atoms. The number of nitrogens with one attached hydrogen (secondary N) is 1. The van der Waals surface area contributed by atoms with Crippen LogP contribution in [0.5, 0.6) is 6.01 Å². The second-order valence-electron chi connectivity index (χ2n) is 4.54.